The number of nitrogens with zero attached hydrogens (tertiary/aromatic N) is 4. The van der Waals surface area contributed by atoms with Crippen LogP contribution < -0.4 is 5.32 Å². The largest absolute Gasteiger partial charge is 0.393 e. The number of hydrogen-bond donors (Lipinski definition) is 2. The number of hydrogen-bond acceptors (Lipinski definition) is 5. The van der Waals surface area contributed by atoms with Crippen molar-refractivity contribution in [3.05, 3.63) is 24.3 Å². The number of aryl methyl sites for hydroxylation is 1. The number of anilines is 1. The molecule has 104 valence electrons. The van der Waals surface area contributed by atoms with Gasteiger partial charge in [0.15, 0.2) is 5.65 Å². The smallest absolute Gasteiger partial charge is 0.244 e. The van der Waals surface area contributed by atoms with Gasteiger partial charge >= 0.3 is 0 Å². The molecule has 0 aliphatic heterocycles. The summed E-state index contributed by atoms with van der Waals surface area (Å²) in [4.78, 5) is 4.51. The van der Waals surface area contributed by atoms with Crippen LogP contribution in [0.25, 0.3) is 22.1 Å². The van der Waals surface area contributed by atoms with Crippen LogP contribution in [-0.2, 0) is 7.05 Å². The third-order valence-corrected chi connectivity index (χ3v) is 3.35. The first kappa shape index (κ1) is 12.8. The Labute approximate surface area is 116 Å². The highest BCUT2D eigenvalue weighted by atomic mass is 16.3. The highest BCUT2D eigenvalue weighted by Gasteiger charge is 2.11. The molecule has 0 fully saturated rings. The van der Waals surface area contributed by atoms with Gasteiger partial charge in [0.25, 0.3) is 0 Å². The molecule has 3 rings (SSSR count). The van der Waals surface area contributed by atoms with E-state index in [0.29, 0.717) is 18.9 Å². The summed E-state index contributed by atoms with van der Waals surface area (Å²) in [7, 11) is 1.97. The van der Waals surface area contributed by atoms with E-state index < -0.39 is 0 Å². The SMILES string of the molecule is CC(O)CCNc1nnc2c3ccccc3n(C)c2n1. The standard InChI is InChI=1S/C14H17N5O/c1-9(20)7-8-15-14-16-13-12(17-18-14)10-5-3-4-6-11(10)19(13)2/h3-6,9,20H,7-8H2,1-2H3,(H,15,16,18). The first-order valence-electron chi connectivity index (χ1n) is 6.66. The number of benzene rings is 1. The summed E-state index contributed by atoms with van der Waals surface area (Å²) in [6, 6.07) is 8.04. The lowest BCUT2D eigenvalue weighted by atomic mass is 10.2. The molecule has 1 atom stereocenters. The van der Waals surface area contributed by atoms with Crippen LogP contribution in [0.15, 0.2) is 24.3 Å². The molecule has 20 heavy (non-hydrogen) atoms. The van der Waals surface area contributed by atoms with Crippen molar-refractivity contribution in [3.63, 3.8) is 0 Å². The Morgan fingerprint density at radius 1 is 1.30 bits per heavy atom. The molecule has 2 heterocycles. The van der Waals surface area contributed by atoms with E-state index in [1.807, 2.05) is 35.9 Å². The third kappa shape index (κ3) is 2.18. The molecule has 1 unspecified atom stereocenters. The minimum Gasteiger partial charge on any atom is -0.393 e. The van der Waals surface area contributed by atoms with Gasteiger partial charge in [-0.3, -0.25) is 0 Å². The summed E-state index contributed by atoms with van der Waals surface area (Å²) >= 11 is 0. The maximum Gasteiger partial charge on any atom is 0.244 e. The summed E-state index contributed by atoms with van der Waals surface area (Å²) in [6.07, 6.45) is 0.313. The van der Waals surface area contributed by atoms with Crippen molar-refractivity contribution in [2.24, 2.45) is 7.05 Å². The van der Waals surface area contributed by atoms with Crippen molar-refractivity contribution in [2.75, 3.05) is 11.9 Å². The molecule has 6 nitrogen and oxygen atoms in total. The minimum absolute atomic E-state index is 0.336. The van der Waals surface area contributed by atoms with Gasteiger partial charge in [-0.2, -0.15) is 4.98 Å². The third-order valence-electron chi connectivity index (χ3n) is 3.35. The molecule has 3 aromatic rings. The zero-order valence-electron chi connectivity index (χ0n) is 11.5. The zero-order valence-corrected chi connectivity index (χ0v) is 11.5. The second-order valence-corrected chi connectivity index (χ2v) is 4.95. The van der Waals surface area contributed by atoms with Crippen LogP contribution in [0.4, 0.5) is 5.95 Å². The molecular weight excluding hydrogens is 254 g/mol. The molecule has 0 radical (unpaired) electrons. The first-order valence-corrected chi connectivity index (χ1v) is 6.66. The molecule has 0 spiro atoms. The summed E-state index contributed by atoms with van der Waals surface area (Å²) in [6.45, 7) is 2.38. The topological polar surface area (TPSA) is 75.9 Å². The quantitative estimate of drug-likeness (QED) is 0.755. The number of aliphatic hydroxyl groups is 1. The second-order valence-electron chi connectivity index (χ2n) is 4.95. The van der Waals surface area contributed by atoms with Gasteiger partial charge in [-0.15, -0.1) is 10.2 Å². The fraction of sp³-hybridized carbons (Fsp3) is 0.357. The Morgan fingerprint density at radius 2 is 2.10 bits per heavy atom. The van der Waals surface area contributed by atoms with Crippen LogP contribution in [0.1, 0.15) is 13.3 Å². The van der Waals surface area contributed by atoms with Gasteiger partial charge < -0.3 is 15.0 Å². The van der Waals surface area contributed by atoms with Crippen LogP contribution in [-0.4, -0.2) is 37.5 Å². The Kier molecular flexibility index (Phi) is 3.23. The predicted molar refractivity (Wildman–Crippen MR) is 78.6 cm³/mol. The van der Waals surface area contributed by atoms with Gasteiger partial charge in [0, 0.05) is 19.0 Å². The number of fused-ring (bicyclic) bond motifs is 3. The van der Waals surface area contributed by atoms with Gasteiger partial charge in [0.05, 0.1) is 11.6 Å². The number of nitrogens with one attached hydrogen (secondary N) is 1. The number of rotatable bonds is 4. The lowest BCUT2D eigenvalue weighted by Crippen LogP contribution is -2.12. The van der Waals surface area contributed by atoms with E-state index in [1.54, 1.807) is 6.92 Å². The second kappa shape index (κ2) is 5.05. The van der Waals surface area contributed by atoms with E-state index >= 15 is 0 Å². The van der Waals surface area contributed by atoms with Crippen LogP contribution in [0.3, 0.4) is 0 Å². The van der Waals surface area contributed by atoms with Gasteiger partial charge in [-0.25, -0.2) is 0 Å². The normalized spacial score (nSPS) is 12.9. The van der Waals surface area contributed by atoms with Crippen LogP contribution in [0.5, 0.6) is 0 Å². The monoisotopic (exact) mass is 271 g/mol. The fourth-order valence-electron chi connectivity index (χ4n) is 2.27. The van der Waals surface area contributed by atoms with Crippen LogP contribution in [0.2, 0.25) is 0 Å². The first-order chi connectivity index (χ1) is 9.66. The molecule has 2 N–H and O–H groups in total. The van der Waals surface area contributed by atoms with Crippen molar-refractivity contribution in [2.45, 2.75) is 19.4 Å². The average Bonchev–Trinajstić information content (AvgIpc) is 2.73. The van der Waals surface area contributed by atoms with E-state index in [0.717, 1.165) is 22.1 Å². The summed E-state index contributed by atoms with van der Waals surface area (Å²) in [5.74, 6) is 0.490. The molecule has 0 saturated heterocycles. The Hall–Kier alpha value is -2.21. The van der Waals surface area contributed by atoms with E-state index in [9.17, 15) is 5.11 Å². The highest BCUT2D eigenvalue weighted by Crippen LogP contribution is 2.24. The van der Waals surface area contributed by atoms with E-state index in [4.69, 9.17) is 0 Å². The molecule has 1 aromatic carbocycles. The summed E-state index contributed by atoms with van der Waals surface area (Å²) in [5, 5.41) is 21.7. The Morgan fingerprint density at radius 3 is 2.90 bits per heavy atom. The lowest BCUT2D eigenvalue weighted by molar-refractivity contribution is 0.188. The van der Waals surface area contributed by atoms with Crippen molar-refractivity contribution in [1.82, 2.24) is 19.7 Å². The highest BCUT2D eigenvalue weighted by molar-refractivity contribution is 6.04. The molecule has 0 amide bonds. The summed E-state index contributed by atoms with van der Waals surface area (Å²) < 4.78 is 2.01. The Bertz CT molecular complexity index is 750. The van der Waals surface area contributed by atoms with Gasteiger partial charge in [0.2, 0.25) is 5.95 Å². The molecule has 0 aliphatic carbocycles. The average molecular weight is 271 g/mol. The molecule has 0 bridgehead atoms. The van der Waals surface area contributed by atoms with Crippen LogP contribution >= 0.6 is 0 Å². The van der Waals surface area contributed by atoms with E-state index in [1.165, 1.54) is 0 Å². The minimum atomic E-state index is -0.336. The maximum absolute atomic E-state index is 9.24. The zero-order chi connectivity index (χ0) is 14.1. The van der Waals surface area contributed by atoms with Gasteiger partial charge in [0.1, 0.15) is 5.52 Å². The molecular formula is C14H17N5O. The van der Waals surface area contributed by atoms with Gasteiger partial charge in [-0.05, 0) is 19.4 Å². The summed E-state index contributed by atoms with van der Waals surface area (Å²) in [5.41, 5.74) is 2.70. The van der Waals surface area contributed by atoms with E-state index in [2.05, 4.69) is 20.5 Å². The lowest BCUT2D eigenvalue weighted by Gasteiger charge is -2.05. The van der Waals surface area contributed by atoms with Crippen molar-refractivity contribution >= 4 is 28.0 Å². The molecule has 6 heteroatoms. The number of para-hydroxylation sites is 1. The Balaban J connectivity index is 1.99. The predicted octanol–water partition coefficient (Wildman–Crippen LogP) is 1.70. The van der Waals surface area contributed by atoms with Crippen LogP contribution in [0, 0.1) is 0 Å². The molecule has 0 aliphatic rings. The molecule has 2 aromatic heterocycles. The van der Waals surface area contributed by atoms with Crippen molar-refractivity contribution < 1.29 is 5.11 Å². The van der Waals surface area contributed by atoms with E-state index in [-0.39, 0.29) is 6.10 Å². The fourth-order valence-corrected chi connectivity index (χ4v) is 2.27. The number of aliphatic hydroxyl groups excluding tert-OH is 1. The van der Waals surface area contributed by atoms with Gasteiger partial charge in [-0.1, -0.05) is 18.2 Å². The maximum atomic E-state index is 9.24. The van der Waals surface area contributed by atoms with Crippen molar-refractivity contribution in [1.29, 1.82) is 0 Å². The molecule has 0 saturated carbocycles. The number of aromatic nitrogens is 4. The van der Waals surface area contributed by atoms with Crippen molar-refractivity contribution in [3.8, 4) is 0 Å².